The van der Waals surface area contributed by atoms with Gasteiger partial charge in [-0.15, -0.1) is 24.0 Å². The normalized spacial score (nSPS) is 11.0. The molecule has 0 fully saturated rings. The van der Waals surface area contributed by atoms with Crippen molar-refractivity contribution < 1.29 is 13.9 Å². The van der Waals surface area contributed by atoms with Crippen molar-refractivity contribution in [2.24, 2.45) is 4.99 Å². The number of rotatable bonds is 9. The Morgan fingerprint density at radius 2 is 1.82 bits per heavy atom. The summed E-state index contributed by atoms with van der Waals surface area (Å²) in [5.74, 6) is 2.54. The number of benzene rings is 2. The van der Waals surface area contributed by atoms with Crippen LogP contribution in [0.3, 0.4) is 0 Å². The lowest BCUT2D eigenvalue weighted by atomic mass is 10.1. The van der Waals surface area contributed by atoms with E-state index in [2.05, 4.69) is 20.6 Å². The van der Waals surface area contributed by atoms with Gasteiger partial charge in [0.2, 0.25) is 0 Å². The van der Waals surface area contributed by atoms with Crippen LogP contribution in [-0.4, -0.2) is 42.8 Å². The van der Waals surface area contributed by atoms with Gasteiger partial charge in [-0.3, -0.25) is 0 Å². The van der Waals surface area contributed by atoms with Gasteiger partial charge in [0, 0.05) is 25.5 Å². The fourth-order valence-electron chi connectivity index (χ4n) is 3.35. The molecule has 2 aromatic carbocycles. The van der Waals surface area contributed by atoms with Gasteiger partial charge in [-0.2, -0.15) is 0 Å². The summed E-state index contributed by atoms with van der Waals surface area (Å²) in [5.41, 5.74) is 2.40. The second-order valence-electron chi connectivity index (χ2n) is 7.19. The number of aryl methyl sites for hydroxylation is 1. The Kier molecular flexibility index (Phi) is 10.4. The van der Waals surface area contributed by atoms with Crippen molar-refractivity contribution >= 4 is 29.9 Å². The second kappa shape index (κ2) is 13.0. The van der Waals surface area contributed by atoms with Gasteiger partial charge < -0.3 is 24.7 Å². The van der Waals surface area contributed by atoms with Gasteiger partial charge in [0.25, 0.3) is 0 Å². The predicted octanol–water partition coefficient (Wildman–Crippen LogP) is 4.25. The summed E-state index contributed by atoms with van der Waals surface area (Å²) in [6, 6.07) is 11.0. The number of aromatic nitrogens is 2. The van der Waals surface area contributed by atoms with Gasteiger partial charge in [0.1, 0.15) is 11.6 Å². The summed E-state index contributed by atoms with van der Waals surface area (Å²) in [4.78, 5) is 8.74. The molecule has 0 aliphatic carbocycles. The number of hydrogen-bond acceptors (Lipinski definition) is 4. The van der Waals surface area contributed by atoms with Crippen LogP contribution in [0.25, 0.3) is 5.69 Å². The summed E-state index contributed by atoms with van der Waals surface area (Å²) in [6.07, 6.45) is 4.19. The minimum Gasteiger partial charge on any atom is -0.493 e. The van der Waals surface area contributed by atoms with Crippen molar-refractivity contribution in [2.75, 3.05) is 27.3 Å². The first-order valence-corrected chi connectivity index (χ1v) is 10.6. The van der Waals surface area contributed by atoms with Gasteiger partial charge in [-0.25, -0.2) is 14.4 Å². The molecule has 1 heterocycles. The maximum atomic E-state index is 14.6. The first kappa shape index (κ1) is 26.4. The van der Waals surface area contributed by atoms with Crippen LogP contribution in [0.1, 0.15) is 23.9 Å². The summed E-state index contributed by atoms with van der Waals surface area (Å²) >= 11 is 0. The van der Waals surface area contributed by atoms with E-state index in [1.54, 1.807) is 37.2 Å². The number of aliphatic imine (C=N–C) groups is 1. The van der Waals surface area contributed by atoms with Crippen LogP contribution in [0, 0.1) is 12.7 Å². The molecule has 0 amide bonds. The molecule has 3 rings (SSSR count). The fourth-order valence-corrected chi connectivity index (χ4v) is 3.35. The Labute approximate surface area is 211 Å². The lowest BCUT2D eigenvalue weighted by molar-refractivity contribution is 0.354. The van der Waals surface area contributed by atoms with Crippen LogP contribution in [0.2, 0.25) is 0 Å². The van der Waals surface area contributed by atoms with E-state index in [9.17, 15) is 4.39 Å². The molecule has 3 aromatic rings. The Bertz CT molecular complexity index is 1070. The SMILES string of the molecule is CCNC(=NCc1ccc(-n2ccnc2C)c(F)c1)NCCc1ccc(OC)c(OC)c1.I. The molecule has 0 unspecified atom stereocenters. The smallest absolute Gasteiger partial charge is 0.191 e. The van der Waals surface area contributed by atoms with Crippen LogP contribution < -0.4 is 20.1 Å². The van der Waals surface area contributed by atoms with Crippen LogP contribution in [0.4, 0.5) is 4.39 Å². The molecular formula is C24H31FIN5O2. The van der Waals surface area contributed by atoms with E-state index in [1.165, 1.54) is 6.07 Å². The van der Waals surface area contributed by atoms with Gasteiger partial charge in [-0.05, 0) is 55.7 Å². The Hall–Kier alpha value is -2.82. The highest BCUT2D eigenvalue weighted by Gasteiger charge is 2.08. The van der Waals surface area contributed by atoms with Crippen molar-refractivity contribution in [1.82, 2.24) is 20.2 Å². The molecule has 33 heavy (non-hydrogen) atoms. The number of hydrogen-bond donors (Lipinski definition) is 2. The molecule has 2 N–H and O–H groups in total. The maximum Gasteiger partial charge on any atom is 0.191 e. The summed E-state index contributed by atoms with van der Waals surface area (Å²) in [5, 5.41) is 6.55. The van der Waals surface area contributed by atoms with Crippen LogP contribution in [0.5, 0.6) is 11.5 Å². The zero-order valence-corrected chi connectivity index (χ0v) is 21.7. The molecule has 0 atom stereocenters. The van der Waals surface area contributed by atoms with E-state index in [0.29, 0.717) is 36.2 Å². The average molecular weight is 567 g/mol. The summed E-state index contributed by atoms with van der Waals surface area (Å²) in [7, 11) is 3.25. The standard InChI is InChI=1S/C24H30FN5O2.HI/c1-5-26-24(28-11-10-18-7-9-22(31-3)23(15-18)32-4)29-16-19-6-8-21(20(25)14-19)30-13-12-27-17(30)2;/h6-9,12-15H,5,10-11,16H2,1-4H3,(H2,26,28,29);1H. The van der Waals surface area contributed by atoms with Crippen molar-refractivity contribution in [2.45, 2.75) is 26.8 Å². The second-order valence-corrected chi connectivity index (χ2v) is 7.19. The third-order valence-corrected chi connectivity index (χ3v) is 5.02. The average Bonchev–Trinajstić information content (AvgIpc) is 3.22. The first-order chi connectivity index (χ1) is 15.5. The topological polar surface area (TPSA) is 72.7 Å². The number of methoxy groups -OCH3 is 2. The molecule has 1 aromatic heterocycles. The minimum absolute atomic E-state index is 0. The van der Waals surface area contributed by atoms with E-state index in [0.717, 1.165) is 29.9 Å². The Morgan fingerprint density at radius 3 is 2.45 bits per heavy atom. The van der Waals surface area contributed by atoms with Crippen molar-refractivity contribution in [3.63, 3.8) is 0 Å². The zero-order valence-electron chi connectivity index (χ0n) is 19.4. The summed E-state index contributed by atoms with van der Waals surface area (Å²) in [6.45, 7) is 5.64. The quantitative estimate of drug-likeness (QED) is 0.230. The highest BCUT2D eigenvalue weighted by molar-refractivity contribution is 14.0. The van der Waals surface area contributed by atoms with Crippen LogP contribution >= 0.6 is 24.0 Å². The van der Waals surface area contributed by atoms with E-state index in [1.807, 2.05) is 38.1 Å². The lowest BCUT2D eigenvalue weighted by Gasteiger charge is -2.13. The summed E-state index contributed by atoms with van der Waals surface area (Å²) < 4.78 is 27.0. The maximum absolute atomic E-state index is 14.6. The van der Waals surface area contributed by atoms with Crippen molar-refractivity contribution in [3.05, 3.63) is 71.6 Å². The lowest BCUT2D eigenvalue weighted by Crippen LogP contribution is -2.38. The van der Waals surface area contributed by atoms with Crippen molar-refractivity contribution in [3.8, 4) is 17.2 Å². The highest BCUT2D eigenvalue weighted by atomic mass is 127. The molecule has 0 saturated heterocycles. The predicted molar refractivity (Wildman–Crippen MR) is 140 cm³/mol. The molecule has 0 radical (unpaired) electrons. The third kappa shape index (κ3) is 7.08. The number of halogens is 2. The minimum atomic E-state index is -0.301. The molecule has 0 aliphatic rings. The number of imidazole rings is 1. The largest absolute Gasteiger partial charge is 0.493 e. The first-order valence-electron chi connectivity index (χ1n) is 10.6. The van der Waals surface area contributed by atoms with E-state index >= 15 is 0 Å². The number of ether oxygens (including phenoxy) is 2. The molecule has 178 valence electrons. The number of guanidine groups is 1. The van der Waals surface area contributed by atoms with Gasteiger partial charge in [0.05, 0.1) is 26.5 Å². The molecule has 0 saturated carbocycles. The third-order valence-electron chi connectivity index (χ3n) is 5.02. The highest BCUT2D eigenvalue weighted by Crippen LogP contribution is 2.27. The van der Waals surface area contributed by atoms with Crippen LogP contribution in [0.15, 0.2) is 53.8 Å². The molecule has 0 bridgehead atoms. The Balaban J connectivity index is 0.00000385. The van der Waals surface area contributed by atoms with Crippen molar-refractivity contribution in [1.29, 1.82) is 0 Å². The molecule has 7 nitrogen and oxygen atoms in total. The zero-order chi connectivity index (χ0) is 22.9. The number of nitrogens with zero attached hydrogens (tertiary/aromatic N) is 3. The fraction of sp³-hybridized carbons (Fsp3) is 0.333. The molecule has 0 aliphatic heterocycles. The van der Waals surface area contributed by atoms with Gasteiger partial charge >= 0.3 is 0 Å². The van der Waals surface area contributed by atoms with E-state index in [-0.39, 0.29) is 29.8 Å². The van der Waals surface area contributed by atoms with E-state index < -0.39 is 0 Å². The van der Waals surface area contributed by atoms with Crippen LogP contribution in [-0.2, 0) is 13.0 Å². The van der Waals surface area contributed by atoms with Gasteiger partial charge in [0.15, 0.2) is 17.5 Å². The number of nitrogens with one attached hydrogen (secondary N) is 2. The molecule has 9 heteroatoms. The van der Waals surface area contributed by atoms with Gasteiger partial charge in [-0.1, -0.05) is 12.1 Å². The monoisotopic (exact) mass is 567 g/mol. The molecular weight excluding hydrogens is 536 g/mol. The van der Waals surface area contributed by atoms with E-state index in [4.69, 9.17) is 9.47 Å². The molecule has 0 spiro atoms. The Morgan fingerprint density at radius 1 is 1.06 bits per heavy atom.